The van der Waals surface area contributed by atoms with E-state index in [1.54, 1.807) is 36.4 Å². The normalized spacial score (nSPS) is 12.7. The highest BCUT2D eigenvalue weighted by molar-refractivity contribution is 8.14. The van der Waals surface area contributed by atoms with Gasteiger partial charge in [-0.25, -0.2) is 14.2 Å². The lowest BCUT2D eigenvalue weighted by molar-refractivity contribution is -0.113. The summed E-state index contributed by atoms with van der Waals surface area (Å²) in [5.74, 6) is -1.03. The highest BCUT2D eigenvalue weighted by Crippen LogP contribution is 2.36. The second kappa shape index (κ2) is 10.7. The summed E-state index contributed by atoms with van der Waals surface area (Å²) in [6.07, 6.45) is 0.398. The maximum Gasteiger partial charge on any atom is 0.339 e. The van der Waals surface area contributed by atoms with Gasteiger partial charge in [0, 0.05) is 6.42 Å². The lowest BCUT2D eigenvalue weighted by atomic mass is 10.1. The largest absolute Gasteiger partial charge is 0.465 e. The molecule has 178 valence electrons. The molecule has 35 heavy (non-hydrogen) atoms. The SMILES string of the molecule is COC(=O)c1ccccc1NC(=O)CSC1=Nc2cc(C)c(C)cc2N=C(c2ccc(F)cc2)C1. The van der Waals surface area contributed by atoms with Crippen LogP contribution in [0, 0.1) is 19.7 Å². The van der Waals surface area contributed by atoms with Crippen molar-refractivity contribution in [2.75, 3.05) is 18.2 Å². The molecule has 0 unspecified atom stereocenters. The summed E-state index contributed by atoms with van der Waals surface area (Å²) in [6, 6.07) is 16.8. The van der Waals surface area contributed by atoms with Crippen molar-refractivity contribution in [3.63, 3.8) is 0 Å². The second-order valence-corrected chi connectivity index (χ2v) is 9.10. The minimum atomic E-state index is -0.524. The molecule has 4 rings (SSSR count). The summed E-state index contributed by atoms with van der Waals surface area (Å²) >= 11 is 1.30. The van der Waals surface area contributed by atoms with Gasteiger partial charge in [0.1, 0.15) is 5.82 Å². The first-order valence-electron chi connectivity index (χ1n) is 11.0. The number of benzene rings is 3. The first-order chi connectivity index (χ1) is 16.8. The van der Waals surface area contributed by atoms with E-state index < -0.39 is 5.97 Å². The van der Waals surface area contributed by atoms with Gasteiger partial charge in [-0.1, -0.05) is 24.3 Å². The average molecular weight is 490 g/mol. The Morgan fingerprint density at radius 1 is 1.00 bits per heavy atom. The van der Waals surface area contributed by atoms with Crippen LogP contribution < -0.4 is 5.32 Å². The fourth-order valence-corrected chi connectivity index (χ4v) is 4.35. The van der Waals surface area contributed by atoms with Crippen molar-refractivity contribution in [3.05, 3.63) is 88.7 Å². The number of ether oxygens (including phenoxy) is 1. The maximum atomic E-state index is 13.5. The van der Waals surface area contributed by atoms with Gasteiger partial charge in [0.25, 0.3) is 0 Å². The maximum absolute atomic E-state index is 13.5. The van der Waals surface area contributed by atoms with Gasteiger partial charge < -0.3 is 10.1 Å². The number of aryl methyl sites for hydroxylation is 2. The van der Waals surface area contributed by atoms with Crippen LogP contribution in [0.5, 0.6) is 0 Å². The molecule has 3 aromatic rings. The summed E-state index contributed by atoms with van der Waals surface area (Å²) in [5, 5.41) is 3.49. The molecule has 0 bridgehead atoms. The lowest BCUT2D eigenvalue weighted by Gasteiger charge is -2.10. The summed E-state index contributed by atoms with van der Waals surface area (Å²) in [6.45, 7) is 4.03. The number of fused-ring (bicyclic) bond motifs is 1. The predicted molar refractivity (Wildman–Crippen MR) is 139 cm³/mol. The third-order valence-electron chi connectivity index (χ3n) is 5.56. The standard InChI is InChI=1S/C27H24FN3O3S/c1-16-12-23-24(13-17(16)2)31-26(14-22(29-23)18-8-10-19(28)11-9-18)35-15-25(32)30-21-7-5-4-6-20(21)27(33)34-3/h4-13H,14-15H2,1-3H3,(H,30,32). The van der Waals surface area contributed by atoms with E-state index in [2.05, 4.69) is 5.32 Å². The first kappa shape index (κ1) is 24.3. The van der Waals surface area contributed by atoms with Crippen molar-refractivity contribution in [1.82, 2.24) is 0 Å². The average Bonchev–Trinajstić information content (AvgIpc) is 3.02. The lowest BCUT2D eigenvalue weighted by Crippen LogP contribution is -2.18. The summed E-state index contributed by atoms with van der Waals surface area (Å²) in [4.78, 5) is 34.4. The Kier molecular flexibility index (Phi) is 7.41. The number of aliphatic imine (C=N–C) groups is 2. The van der Waals surface area contributed by atoms with E-state index in [1.807, 2.05) is 26.0 Å². The Morgan fingerprint density at radius 2 is 1.66 bits per heavy atom. The van der Waals surface area contributed by atoms with Crippen molar-refractivity contribution in [2.45, 2.75) is 20.3 Å². The summed E-state index contributed by atoms with van der Waals surface area (Å²) in [5.41, 5.74) is 5.86. The van der Waals surface area contributed by atoms with Crippen LogP contribution in [0.15, 0.2) is 70.6 Å². The van der Waals surface area contributed by atoms with Gasteiger partial charge >= 0.3 is 5.97 Å². The van der Waals surface area contributed by atoms with Crippen LogP contribution in [0.2, 0.25) is 0 Å². The number of para-hydroxylation sites is 1. The Morgan fingerprint density at radius 3 is 2.34 bits per heavy atom. The van der Waals surface area contributed by atoms with Crippen LogP contribution in [0.1, 0.15) is 33.5 Å². The minimum absolute atomic E-state index is 0.0885. The molecule has 0 atom stereocenters. The third-order valence-corrected chi connectivity index (χ3v) is 6.54. The second-order valence-electron chi connectivity index (χ2n) is 8.05. The molecular weight excluding hydrogens is 465 g/mol. The number of amides is 1. The number of thioether (sulfide) groups is 1. The van der Waals surface area contributed by atoms with Crippen LogP contribution in [0.3, 0.4) is 0 Å². The summed E-state index contributed by atoms with van der Waals surface area (Å²) in [7, 11) is 1.29. The highest BCUT2D eigenvalue weighted by Gasteiger charge is 2.19. The van der Waals surface area contributed by atoms with E-state index >= 15 is 0 Å². The molecule has 1 aliphatic heterocycles. The molecular formula is C27H24FN3O3S. The van der Waals surface area contributed by atoms with Gasteiger partial charge in [-0.15, -0.1) is 11.8 Å². The van der Waals surface area contributed by atoms with Gasteiger partial charge in [0.05, 0.1) is 46.2 Å². The fourth-order valence-electron chi connectivity index (χ4n) is 3.57. The Hall–Kier alpha value is -3.78. The molecule has 8 heteroatoms. The third kappa shape index (κ3) is 5.84. The molecule has 0 aromatic heterocycles. The number of nitrogens with zero attached hydrogens (tertiary/aromatic N) is 2. The summed E-state index contributed by atoms with van der Waals surface area (Å²) < 4.78 is 18.3. The van der Waals surface area contributed by atoms with Gasteiger partial charge in [-0.05, 0) is 66.9 Å². The molecule has 0 aliphatic carbocycles. The van der Waals surface area contributed by atoms with E-state index in [4.69, 9.17) is 14.7 Å². The fraction of sp³-hybridized carbons (Fsp3) is 0.185. The molecule has 1 aliphatic rings. The zero-order valence-corrected chi connectivity index (χ0v) is 20.4. The molecule has 0 saturated carbocycles. The molecule has 0 saturated heterocycles. The van der Waals surface area contributed by atoms with Crippen molar-refractivity contribution < 1.29 is 18.7 Å². The molecule has 0 spiro atoms. The molecule has 1 heterocycles. The Balaban J connectivity index is 1.57. The van der Waals surface area contributed by atoms with Crippen molar-refractivity contribution in [2.24, 2.45) is 9.98 Å². The van der Waals surface area contributed by atoms with Gasteiger partial charge in [0.15, 0.2) is 0 Å². The molecule has 1 amide bonds. The first-order valence-corrected chi connectivity index (χ1v) is 11.9. The zero-order valence-electron chi connectivity index (χ0n) is 19.6. The molecule has 0 fully saturated rings. The molecule has 1 N–H and O–H groups in total. The van der Waals surface area contributed by atoms with Crippen molar-refractivity contribution >= 4 is 51.5 Å². The number of halogens is 1. The zero-order chi connectivity index (χ0) is 24.9. The molecule has 6 nitrogen and oxygen atoms in total. The predicted octanol–water partition coefficient (Wildman–Crippen LogP) is 6.16. The number of carbonyl (C=O) groups excluding carboxylic acids is 2. The van der Waals surface area contributed by atoms with Crippen LogP contribution in [-0.2, 0) is 9.53 Å². The number of hydrogen-bond donors (Lipinski definition) is 1. The highest BCUT2D eigenvalue weighted by atomic mass is 32.2. The van der Waals surface area contributed by atoms with Crippen molar-refractivity contribution in [3.8, 4) is 0 Å². The molecule has 0 radical (unpaired) electrons. The van der Waals surface area contributed by atoms with Crippen LogP contribution >= 0.6 is 11.8 Å². The van der Waals surface area contributed by atoms with E-state index in [-0.39, 0.29) is 23.0 Å². The number of methoxy groups -OCH3 is 1. The smallest absolute Gasteiger partial charge is 0.339 e. The number of esters is 1. The van der Waals surface area contributed by atoms with E-state index in [9.17, 15) is 14.0 Å². The quantitative estimate of drug-likeness (QED) is 0.436. The van der Waals surface area contributed by atoms with Gasteiger partial charge in [0.2, 0.25) is 5.91 Å². The monoisotopic (exact) mass is 489 g/mol. The van der Waals surface area contributed by atoms with E-state index in [0.29, 0.717) is 17.2 Å². The van der Waals surface area contributed by atoms with Crippen LogP contribution in [-0.4, -0.2) is 35.5 Å². The minimum Gasteiger partial charge on any atom is -0.465 e. The van der Waals surface area contributed by atoms with E-state index in [1.165, 1.54) is 31.0 Å². The number of rotatable bonds is 5. The topological polar surface area (TPSA) is 80.1 Å². The molecule has 3 aromatic carbocycles. The van der Waals surface area contributed by atoms with Gasteiger partial charge in [-0.3, -0.25) is 9.79 Å². The number of nitrogens with one attached hydrogen (secondary N) is 1. The van der Waals surface area contributed by atoms with Gasteiger partial charge in [-0.2, -0.15) is 0 Å². The van der Waals surface area contributed by atoms with Crippen molar-refractivity contribution in [1.29, 1.82) is 0 Å². The Labute approximate surface area is 207 Å². The number of carbonyl (C=O) groups is 2. The number of anilines is 1. The van der Waals surface area contributed by atoms with E-state index in [0.717, 1.165) is 33.8 Å². The van der Waals surface area contributed by atoms with Crippen LogP contribution in [0.4, 0.5) is 21.5 Å². The van der Waals surface area contributed by atoms with Crippen LogP contribution in [0.25, 0.3) is 0 Å². The number of hydrogen-bond acceptors (Lipinski definition) is 6. The Bertz CT molecular complexity index is 1350.